The van der Waals surface area contributed by atoms with E-state index in [0.29, 0.717) is 6.04 Å². The van der Waals surface area contributed by atoms with E-state index in [1.54, 1.807) is 6.20 Å². The van der Waals surface area contributed by atoms with E-state index in [-0.39, 0.29) is 12.7 Å². The first kappa shape index (κ1) is 10.5. The summed E-state index contributed by atoms with van der Waals surface area (Å²) in [5, 5.41) is 0. The molecule has 1 rings (SSSR count). The van der Waals surface area contributed by atoms with Gasteiger partial charge in [0, 0.05) is 25.7 Å². The van der Waals surface area contributed by atoms with Crippen LogP contribution in [0.5, 0.6) is 0 Å². The second kappa shape index (κ2) is 4.61. The molecule has 2 nitrogen and oxygen atoms in total. The minimum absolute atomic E-state index is 0.00801. The van der Waals surface area contributed by atoms with Crippen molar-refractivity contribution in [2.24, 2.45) is 0 Å². The minimum Gasteiger partial charge on any atom is -0.370 e. The average Bonchev–Trinajstić information content (AvgIpc) is 2.16. The largest absolute Gasteiger partial charge is 0.370 e. The Morgan fingerprint density at radius 3 is 2.69 bits per heavy atom. The van der Waals surface area contributed by atoms with Crippen molar-refractivity contribution in [3.05, 3.63) is 12.8 Å². The van der Waals surface area contributed by atoms with Crippen LogP contribution in [0.4, 0.5) is 4.39 Å². The van der Waals surface area contributed by atoms with Gasteiger partial charge in [0.05, 0.1) is 6.04 Å². The zero-order chi connectivity index (χ0) is 9.84. The first-order valence-corrected chi connectivity index (χ1v) is 4.87. The van der Waals surface area contributed by atoms with Crippen molar-refractivity contribution in [2.75, 3.05) is 26.3 Å². The Balaban J connectivity index is 2.52. The van der Waals surface area contributed by atoms with E-state index in [1.807, 2.05) is 4.90 Å². The molecule has 0 radical (unpaired) electrons. The van der Waals surface area contributed by atoms with Crippen LogP contribution in [0.3, 0.4) is 0 Å². The Morgan fingerprint density at radius 2 is 2.23 bits per heavy atom. The van der Waals surface area contributed by atoms with Crippen LogP contribution < -0.4 is 0 Å². The number of hydrogen-bond donors (Lipinski definition) is 0. The molecule has 1 atom stereocenters. The summed E-state index contributed by atoms with van der Waals surface area (Å²) >= 11 is 0. The Morgan fingerprint density at radius 1 is 1.54 bits per heavy atom. The van der Waals surface area contributed by atoms with Crippen LogP contribution in [0.2, 0.25) is 0 Å². The van der Waals surface area contributed by atoms with Gasteiger partial charge in [0.25, 0.3) is 0 Å². The fourth-order valence-corrected chi connectivity index (χ4v) is 1.74. The lowest BCUT2D eigenvalue weighted by molar-refractivity contribution is 0.0751. The summed E-state index contributed by atoms with van der Waals surface area (Å²) in [5.41, 5.74) is 0. The van der Waals surface area contributed by atoms with Crippen LogP contribution in [0, 0.1) is 0 Å². The van der Waals surface area contributed by atoms with Gasteiger partial charge in [-0.2, -0.15) is 0 Å². The highest BCUT2D eigenvalue weighted by Gasteiger charge is 2.25. The fraction of sp³-hybridized carbons (Fsp3) is 0.800. The van der Waals surface area contributed by atoms with E-state index in [0.717, 1.165) is 19.6 Å². The second-order valence-electron chi connectivity index (χ2n) is 3.82. The number of halogens is 1. The quantitative estimate of drug-likeness (QED) is 0.659. The van der Waals surface area contributed by atoms with Crippen molar-refractivity contribution < 1.29 is 4.39 Å². The molecular weight excluding hydrogens is 167 g/mol. The normalized spacial score (nSPS) is 25.2. The maximum Gasteiger partial charge on any atom is 0.111 e. The summed E-state index contributed by atoms with van der Waals surface area (Å²) in [6.07, 6.45) is 1.75. The third-order valence-corrected chi connectivity index (χ3v) is 2.70. The second-order valence-corrected chi connectivity index (χ2v) is 3.82. The zero-order valence-corrected chi connectivity index (χ0v) is 8.54. The van der Waals surface area contributed by atoms with Crippen molar-refractivity contribution in [3.63, 3.8) is 0 Å². The van der Waals surface area contributed by atoms with Gasteiger partial charge in [-0.05, 0) is 20.0 Å². The lowest BCUT2D eigenvalue weighted by Crippen LogP contribution is -2.53. The highest BCUT2D eigenvalue weighted by molar-refractivity contribution is 4.88. The summed E-state index contributed by atoms with van der Waals surface area (Å²) in [6, 6.07) is 0.523. The van der Waals surface area contributed by atoms with Gasteiger partial charge < -0.3 is 4.90 Å². The van der Waals surface area contributed by atoms with Crippen LogP contribution in [-0.2, 0) is 0 Å². The molecule has 0 amide bonds. The first-order valence-electron chi connectivity index (χ1n) is 4.87. The molecule has 1 aliphatic rings. The monoisotopic (exact) mass is 186 g/mol. The smallest absolute Gasteiger partial charge is 0.111 e. The van der Waals surface area contributed by atoms with Crippen molar-refractivity contribution in [2.45, 2.75) is 25.9 Å². The average molecular weight is 186 g/mol. The summed E-state index contributed by atoms with van der Waals surface area (Å²) in [6.45, 7) is 10.4. The van der Waals surface area contributed by atoms with E-state index in [9.17, 15) is 4.39 Å². The topological polar surface area (TPSA) is 6.48 Å². The lowest BCUT2D eigenvalue weighted by atomic mass is 10.1. The van der Waals surface area contributed by atoms with Gasteiger partial charge in [-0.25, -0.2) is 4.39 Å². The lowest BCUT2D eigenvalue weighted by Gasteiger charge is -2.41. The summed E-state index contributed by atoms with van der Waals surface area (Å²) < 4.78 is 12.6. The van der Waals surface area contributed by atoms with Gasteiger partial charge in [-0.3, -0.25) is 4.90 Å². The molecule has 0 unspecified atom stereocenters. The molecule has 1 heterocycles. The highest BCUT2D eigenvalue weighted by Crippen LogP contribution is 2.12. The van der Waals surface area contributed by atoms with Crippen LogP contribution in [-0.4, -0.2) is 48.2 Å². The van der Waals surface area contributed by atoms with E-state index in [2.05, 4.69) is 25.3 Å². The number of hydrogen-bond acceptors (Lipinski definition) is 2. The van der Waals surface area contributed by atoms with Crippen molar-refractivity contribution in [3.8, 4) is 0 Å². The maximum atomic E-state index is 12.6. The third-order valence-electron chi connectivity index (χ3n) is 2.70. The molecule has 1 aliphatic heterocycles. The molecule has 3 heteroatoms. The predicted molar refractivity (Wildman–Crippen MR) is 53.4 cm³/mol. The van der Waals surface area contributed by atoms with Crippen molar-refractivity contribution in [1.82, 2.24) is 9.80 Å². The molecular formula is C10H19FN2. The fourth-order valence-electron chi connectivity index (χ4n) is 1.74. The van der Waals surface area contributed by atoms with Crippen LogP contribution in [0.1, 0.15) is 13.8 Å². The number of nitrogens with zero attached hydrogens (tertiary/aromatic N) is 2. The third kappa shape index (κ3) is 2.44. The molecule has 13 heavy (non-hydrogen) atoms. The Kier molecular flexibility index (Phi) is 3.72. The maximum absolute atomic E-state index is 12.6. The van der Waals surface area contributed by atoms with Crippen molar-refractivity contribution in [1.29, 1.82) is 0 Å². The molecule has 0 aromatic heterocycles. The van der Waals surface area contributed by atoms with Crippen LogP contribution in [0.15, 0.2) is 12.8 Å². The molecule has 1 saturated heterocycles. The molecule has 0 aliphatic carbocycles. The van der Waals surface area contributed by atoms with Gasteiger partial charge >= 0.3 is 0 Å². The number of alkyl halides is 1. The van der Waals surface area contributed by atoms with E-state index < -0.39 is 0 Å². The SMILES string of the molecule is C=CN1CCN(C(C)C)C[C@@H]1CF. The Bertz CT molecular complexity index is 170. The minimum atomic E-state index is -0.282. The van der Waals surface area contributed by atoms with Gasteiger partial charge in [-0.1, -0.05) is 6.58 Å². The summed E-state index contributed by atoms with van der Waals surface area (Å²) in [7, 11) is 0. The number of piperazine rings is 1. The summed E-state index contributed by atoms with van der Waals surface area (Å²) in [5.74, 6) is 0. The summed E-state index contributed by atoms with van der Waals surface area (Å²) in [4.78, 5) is 4.31. The molecule has 0 saturated carbocycles. The van der Waals surface area contributed by atoms with E-state index in [1.165, 1.54) is 0 Å². The van der Waals surface area contributed by atoms with Gasteiger partial charge in [0.2, 0.25) is 0 Å². The highest BCUT2D eigenvalue weighted by atomic mass is 19.1. The van der Waals surface area contributed by atoms with Crippen molar-refractivity contribution >= 4 is 0 Å². The van der Waals surface area contributed by atoms with Gasteiger partial charge in [0.15, 0.2) is 0 Å². The van der Waals surface area contributed by atoms with Gasteiger partial charge in [0.1, 0.15) is 6.67 Å². The molecule has 0 aromatic carbocycles. The molecule has 0 aromatic rings. The predicted octanol–water partition coefficient (Wildman–Crippen LogP) is 1.49. The zero-order valence-electron chi connectivity index (χ0n) is 8.54. The van der Waals surface area contributed by atoms with E-state index in [4.69, 9.17) is 0 Å². The van der Waals surface area contributed by atoms with Crippen LogP contribution >= 0.6 is 0 Å². The molecule has 0 N–H and O–H groups in total. The molecule has 1 fully saturated rings. The first-order chi connectivity index (χ1) is 6.19. The Labute approximate surface area is 80.0 Å². The number of rotatable bonds is 3. The van der Waals surface area contributed by atoms with E-state index >= 15 is 0 Å². The Hall–Kier alpha value is -0.570. The van der Waals surface area contributed by atoms with Crippen LogP contribution in [0.25, 0.3) is 0 Å². The molecule has 0 bridgehead atoms. The van der Waals surface area contributed by atoms with Gasteiger partial charge in [-0.15, -0.1) is 0 Å². The molecule has 76 valence electrons. The standard InChI is InChI=1S/C10H19FN2/c1-4-12-5-6-13(9(2)3)8-10(12)7-11/h4,9-10H,1,5-8H2,2-3H3/t10-/m0/s1. The molecule has 0 spiro atoms.